The third kappa shape index (κ3) is 4.18. The quantitative estimate of drug-likeness (QED) is 0.658. The van der Waals surface area contributed by atoms with Gasteiger partial charge in [0, 0.05) is 29.1 Å². The Labute approximate surface area is 121 Å². The average Bonchev–Trinajstić information content (AvgIpc) is 3.16. The van der Waals surface area contributed by atoms with Crippen molar-refractivity contribution in [2.45, 2.75) is 25.3 Å². The van der Waals surface area contributed by atoms with Gasteiger partial charge in [-0.1, -0.05) is 27.5 Å². The second kappa shape index (κ2) is 6.43. The fraction of sp³-hybridized carbons (Fsp3) is 0.462. The molecule has 1 fully saturated rings. The van der Waals surface area contributed by atoms with Gasteiger partial charge in [0.15, 0.2) is 5.96 Å². The van der Waals surface area contributed by atoms with E-state index < -0.39 is 0 Å². The highest BCUT2D eigenvalue weighted by Gasteiger charge is 2.21. The lowest BCUT2D eigenvalue weighted by Crippen LogP contribution is -2.39. The van der Waals surface area contributed by atoms with Gasteiger partial charge in [-0.05, 0) is 43.0 Å². The minimum absolute atomic E-state index is 0.620. The van der Waals surface area contributed by atoms with E-state index in [1.807, 2.05) is 18.2 Å². The summed E-state index contributed by atoms with van der Waals surface area (Å²) in [5.74, 6) is 0.885. The smallest absolute Gasteiger partial charge is 0.191 e. The largest absolute Gasteiger partial charge is 0.356 e. The molecule has 1 saturated carbocycles. The Kier molecular flexibility index (Phi) is 4.89. The van der Waals surface area contributed by atoms with E-state index in [1.54, 1.807) is 7.05 Å². The van der Waals surface area contributed by atoms with Gasteiger partial charge in [0.05, 0.1) is 0 Å². The van der Waals surface area contributed by atoms with Gasteiger partial charge in [-0.25, -0.2) is 0 Å². The van der Waals surface area contributed by atoms with Crippen LogP contribution in [0.3, 0.4) is 0 Å². The molecule has 0 amide bonds. The summed E-state index contributed by atoms with van der Waals surface area (Å²) in [5, 5.41) is 7.44. The first-order valence-electron chi connectivity index (χ1n) is 6.10. The van der Waals surface area contributed by atoms with Gasteiger partial charge in [0.25, 0.3) is 0 Å². The molecule has 3 nitrogen and oxygen atoms in total. The monoisotopic (exact) mass is 329 g/mol. The molecule has 1 aliphatic carbocycles. The highest BCUT2D eigenvalue weighted by atomic mass is 79.9. The maximum absolute atomic E-state index is 5.99. The summed E-state index contributed by atoms with van der Waals surface area (Å²) in [7, 11) is 1.80. The van der Waals surface area contributed by atoms with E-state index in [0.29, 0.717) is 6.04 Å². The number of benzene rings is 1. The zero-order valence-corrected chi connectivity index (χ0v) is 12.7. The predicted octanol–water partition coefficient (Wildman–Crippen LogP) is 2.97. The zero-order valence-electron chi connectivity index (χ0n) is 10.3. The first-order chi connectivity index (χ1) is 8.69. The molecule has 2 N–H and O–H groups in total. The molecular formula is C13H17BrClN3. The molecule has 18 heavy (non-hydrogen) atoms. The van der Waals surface area contributed by atoms with Crippen molar-refractivity contribution in [1.82, 2.24) is 10.6 Å². The van der Waals surface area contributed by atoms with Crippen LogP contribution in [-0.2, 0) is 6.42 Å². The van der Waals surface area contributed by atoms with Crippen molar-refractivity contribution in [3.8, 4) is 0 Å². The number of halogens is 2. The van der Waals surface area contributed by atoms with Gasteiger partial charge < -0.3 is 10.6 Å². The lowest BCUT2D eigenvalue weighted by Gasteiger charge is -2.11. The van der Waals surface area contributed by atoms with Crippen molar-refractivity contribution in [2.75, 3.05) is 13.6 Å². The Balaban J connectivity index is 1.81. The van der Waals surface area contributed by atoms with Crippen LogP contribution in [0.2, 0.25) is 5.02 Å². The zero-order chi connectivity index (χ0) is 13.0. The van der Waals surface area contributed by atoms with Crippen LogP contribution in [0, 0.1) is 0 Å². The molecule has 0 aliphatic heterocycles. The van der Waals surface area contributed by atoms with Crippen LogP contribution in [0.25, 0.3) is 0 Å². The number of guanidine groups is 1. The second-order valence-electron chi connectivity index (χ2n) is 4.40. The standard InChI is InChI=1S/C13H17BrClN3/c1-16-13(18-11-3-4-11)17-7-6-9-8-10(15)2-5-12(9)14/h2,5,8,11H,3-4,6-7H2,1H3,(H2,16,17,18). The third-order valence-corrected chi connectivity index (χ3v) is 3.85. The van der Waals surface area contributed by atoms with Crippen molar-refractivity contribution < 1.29 is 0 Å². The minimum Gasteiger partial charge on any atom is -0.356 e. The van der Waals surface area contributed by atoms with Crippen molar-refractivity contribution in [2.24, 2.45) is 4.99 Å². The Hall–Kier alpha value is -0.740. The molecule has 5 heteroatoms. The molecule has 0 radical (unpaired) electrons. The lowest BCUT2D eigenvalue weighted by molar-refractivity contribution is 0.790. The van der Waals surface area contributed by atoms with E-state index >= 15 is 0 Å². The Morgan fingerprint density at radius 2 is 2.28 bits per heavy atom. The molecule has 0 unspecified atom stereocenters. The van der Waals surface area contributed by atoms with Crippen molar-refractivity contribution >= 4 is 33.5 Å². The maximum atomic E-state index is 5.99. The van der Waals surface area contributed by atoms with Crippen LogP contribution in [0.5, 0.6) is 0 Å². The fourth-order valence-electron chi connectivity index (χ4n) is 1.67. The first-order valence-corrected chi connectivity index (χ1v) is 7.27. The van der Waals surface area contributed by atoms with E-state index in [0.717, 1.165) is 28.4 Å². The molecule has 0 aromatic heterocycles. The van der Waals surface area contributed by atoms with E-state index in [9.17, 15) is 0 Å². The first kappa shape index (κ1) is 13.7. The molecule has 2 rings (SSSR count). The number of rotatable bonds is 4. The number of nitrogens with one attached hydrogen (secondary N) is 2. The van der Waals surface area contributed by atoms with Crippen LogP contribution < -0.4 is 10.6 Å². The fourth-order valence-corrected chi connectivity index (χ4v) is 2.31. The van der Waals surface area contributed by atoms with E-state index in [2.05, 4.69) is 31.6 Å². The molecule has 1 aromatic rings. The summed E-state index contributed by atoms with van der Waals surface area (Å²) in [5.41, 5.74) is 1.21. The normalized spacial score (nSPS) is 15.6. The summed E-state index contributed by atoms with van der Waals surface area (Å²) >= 11 is 9.52. The summed E-state index contributed by atoms with van der Waals surface area (Å²) in [6, 6.07) is 6.48. The molecule has 98 valence electrons. The van der Waals surface area contributed by atoms with Crippen molar-refractivity contribution in [3.63, 3.8) is 0 Å². The third-order valence-electron chi connectivity index (χ3n) is 2.84. The van der Waals surface area contributed by atoms with Crippen LogP contribution >= 0.6 is 27.5 Å². The van der Waals surface area contributed by atoms with Crippen LogP contribution in [0.4, 0.5) is 0 Å². The van der Waals surface area contributed by atoms with Gasteiger partial charge in [0.2, 0.25) is 0 Å². The molecule has 0 saturated heterocycles. The number of hydrogen-bond donors (Lipinski definition) is 2. The summed E-state index contributed by atoms with van der Waals surface area (Å²) in [4.78, 5) is 4.20. The van der Waals surface area contributed by atoms with Crippen LogP contribution in [-0.4, -0.2) is 25.6 Å². The highest BCUT2D eigenvalue weighted by molar-refractivity contribution is 9.10. The van der Waals surface area contributed by atoms with E-state index in [-0.39, 0.29) is 0 Å². The summed E-state index contributed by atoms with van der Waals surface area (Å²) < 4.78 is 1.10. The Morgan fingerprint density at radius 1 is 1.50 bits per heavy atom. The van der Waals surface area contributed by atoms with Gasteiger partial charge in [-0.2, -0.15) is 0 Å². The molecular weight excluding hydrogens is 314 g/mol. The molecule has 1 aliphatic rings. The summed E-state index contributed by atoms with van der Waals surface area (Å²) in [6.07, 6.45) is 3.41. The topological polar surface area (TPSA) is 36.4 Å². The van der Waals surface area contributed by atoms with Gasteiger partial charge in [-0.15, -0.1) is 0 Å². The van der Waals surface area contributed by atoms with Crippen molar-refractivity contribution in [1.29, 1.82) is 0 Å². The van der Waals surface area contributed by atoms with E-state index in [1.165, 1.54) is 18.4 Å². The van der Waals surface area contributed by atoms with Crippen LogP contribution in [0.15, 0.2) is 27.7 Å². The predicted molar refractivity (Wildman–Crippen MR) is 80.4 cm³/mol. The second-order valence-corrected chi connectivity index (χ2v) is 5.69. The molecule has 0 spiro atoms. The van der Waals surface area contributed by atoms with Crippen LogP contribution in [0.1, 0.15) is 18.4 Å². The molecule has 0 heterocycles. The number of hydrogen-bond acceptors (Lipinski definition) is 1. The molecule has 0 atom stereocenters. The minimum atomic E-state index is 0.620. The molecule has 1 aromatic carbocycles. The van der Waals surface area contributed by atoms with Gasteiger partial charge in [0.1, 0.15) is 0 Å². The SMILES string of the molecule is CN=C(NCCc1cc(Cl)ccc1Br)NC1CC1. The number of aliphatic imine (C=N–C) groups is 1. The lowest BCUT2D eigenvalue weighted by atomic mass is 10.1. The number of nitrogens with zero attached hydrogens (tertiary/aromatic N) is 1. The Bertz CT molecular complexity index is 444. The summed E-state index contributed by atoms with van der Waals surface area (Å²) in [6.45, 7) is 0.839. The van der Waals surface area contributed by atoms with Crippen molar-refractivity contribution in [3.05, 3.63) is 33.3 Å². The van der Waals surface area contributed by atoms with E-state index in [4.69, 9.17) is 11.6 Å². The average molecular weight is 331 g/mol. The maximum Gasteiger partial charge on any atom is 0.191 e. The highest BCUT2D eigenvalue weighted by Crippen LogP contribution is 2.21. The molecule has 0 bridgehead atoms. The van der Waals surface area contributed by atoms with Gasteiger partial charge >= 0.3 is 0 Å². The van der Waals surface area contributed by atoms with Gasteiger partial charge in [-0.3, -0.25) is 4.99 Å². The Morgan fingerprint density at radius 3 is 2.94 bits per heavy atom.